The lowest BCUT2D eigenvalue weighted by Crippen LogP contribution is -2.41. The quantitative estimate of drug-likeness (QED) is 0.414. The monoisotopic (exact) mass is 460 g/mol. The SMILES string of the molecule is COC(=O)C1CC=CP(c2c(C(C)(C)C)cc(C(C)(C)C)cc2C(C)(C)C)C1C(=O)OC. The van der Waals surface area contributed by atoms with E-state index in [0.717, 1.165) is 0 Å². The van der Waals surface area contributed by atoms with Crippen molar-refractivity contribution in [2.75, 3.05) is 14.2 Å². The molecule has 1 aliphatic heterocycles. The van der Waals surface area contributed by atoms with Gasteiger partial charge in [0.2, 0.25) is 0 Å². The molecule has 178 valence electrons. The molecule has 3 unspecified atom stereocenters. The van der Waals surface area contributed by atoms with Crippen LogP contribution in [0.5, 0.6) is 0 Å². The van der Waals surface area contributed by atoms with E-state index in [1.807, 2.05) is 6.08 Å². The first kappa shape index (κ1) is 26.6. The molecule has 0 aromatic heterocycles. The minimum absolute atomic E-state index is 0.00943. The van der Waals surface area contributed by atoms with Gasteiger partial charge in [-0.15, -0.1) is 0 Å². The summed E-state index contributed by atoms with van der Waals surface area (Å²) in [5.41, 5.74) is 2.93. The molecule has 0 amide bonds. The van der Waals surface area contributed by atoms with Crippen LogP contribution in [0.1, 0.15) is 85.4 Å². The summed E-state index contributed by atoms with van der Waals surface area (Å²) in [5.74, 6) is 0.938. The van der Waals surface area contributed by atoms with Gasteiger partial charge in [-0.25, -0.2) is 0 Å². The van der Waals surface area contributed by atoms with Gasteiger partial charge in [-0.2, -0.15) is 0 Å². The smallest absolute Gasteiger partial charge is 0.314 e. The highest BCUT2D eigenvalue weighted by Gasteiger charge is 2.45. The van der Waals surface area contributed by atoms with Gasteiger partial charge in [0.25, 0.3) is 0 Å². The Kier molecular flexibility index (Phi) is 7.72. The molecule has 4 nitrogen and oxygen atoms in total. The summed E-state index contributed by atoms with van der Waals surface area (Å²) in [5, 5.41) is 1.20. The second-order valence-corrected chi connectivity index (χ2v) is 13.9. The number of methoxy groups -OCH3 is 2. The normalized spacial score (nSPS) is 21.9. The first-order valence-electron chi connectivity index (χ1n) is 11.3. The minimum Gasteiger partial charge on any atom is -0.469 e. The zero-order valence-electron chi connectivity index (χ0n) is 21.8. The molecule has 0 saturated heterocycles. The summed E-state index contributed by atoms with van der Waals surface area (Å²) >= 11 is 0. The molecule has 32 heavy (non-hydrogen) atoms. The minimum atomic E-state index is -1.13. The predicted octanol–water partition coefficient (Wildman–Crippen LogP) is 5.93. The van der Waals surface area contributed by atoms with E-state index in [-0.39, 0.29) is 28.2 Å². The highest BCUT2D eigenvalue weighted by molar-refractivity contribution is 7.70. The summed E-state index contributed by atoms with van der Waals surface area (Å²) in [4.78, 5) is 25.8. The lowest BCUT2D eigenvalue weighted by Gasteiger charge is -2.39. The molecule has 1 heterocycles. The number of carbonyl (C=O) groups is 2. The van der Waals surface area contributed by atoms with E-state index >= 15 is 0 Å². The van der Waals surface area contributed by atoms with Gasteiger partial charge in [0, 0.05) is 0 Å². The molecule has 0 spiro atoms. The maximum atomic E-state index is 13.1. The summed E-state index contributed by atoms with van der Waals surface area (Å²) in [6.07, 6.45) is 2.53. The Morgan fingerprint density at radius 3 is 1.66 bits per heavy atom. The van der Waals surface area contributed by atoms with Crippen LogP contribution in [0.25, 0.3) is 0 Å². The summed E-state index contributed by atoms with van der Waals surface area (Å²) in [6.45, 7) is 20.0. The number of benzene rings is 1. The summed E-state index contributed by atoms with van der Waals surface area (Å²) < 4.78 is 10.3. The number of ether oxygens (including phenoxy) is 2. The van der Waals surface area contributed by atoms with Crippen LogP contribution in [0.4, 0.5) is 0 Å². The van der Waals surface area contributed by atoms with Crippen molar-refractivity contribution >= 4 is 25.2 Å². The van der Waals surface area contributed by atoms with Crippen LogP contribution >= 0.6 is 7.92 Å². The molecule has 0 radical (unpaired) electrons. The van der Waals surface area contributed by atoms with E-state index in [4.69, 9.17) is 9.47 Å². The maximum absolute atomic E-state index is 13.1. The molecule has 0 bridgehead atoms. The second kappa shape index (κ2) is 9.29. The summed E-state index contributed by atoms with van der Waals surface area (Å²) in [6, 6.07) is 4.63. The second-order valence-electron chi connectivity index (χ2n) is 11.8. The van der Waals surface area contributed by atoms with Crippen LogP contribution in [0.15, 0.2) is 24.0 Å². The van der Waals surface area contributed by atoms with Gasteiger partial charge in [0.1, 0.15) is 0 Å². The Labute approximate surface area is 195 Å². The number of hydrogen-bond acceptors (Lipinski definition) is 4. The average Bonchev–Trinajstić information content (AvgIpc) is 2.69. The number of carbonyl (C=O) groups excluding carboxylic acids is 2. The number of esters is 2. The van der Waals surface area contributed by atoms with Crippen LogP contribution in [0.3, 0.4) is 0 Å². The molecular formula is C27H41O4P. The fourth-order valence-electron chi connectivity index (χ4n) is 4.21. The van der Waals surface area contributed by atoms with E-state index in [1.165, 1.54) is 36.2 Å². The fraction of sp³-hybridized carbons (Fsp3) is 0.630. The Morgan fingerprint density at radius 2 is 1.28 bits per heavy atom. The lowest BCUT2D eigenvalue weighted by atomic mass is 9.75. The fourth-order valence-corrected chi connectivity index (χ4v) is 7.50. The predicted molar refractivity (Wildman–Crippen MR) is 134 cm³/mol. The van der Waals surface area contributed by atoms with Gasteiger partial charge in [0.15, 0.2) is 0 Å². The molecule has 1 aliphatic rings. The van der Waals surface area contributed by atoms with Crippen LogP contribution in [-0.2, 0) is 35.3 Å². The number of rotatable bonds is 3. The van der Waals surface area contributed by atoms with Crippen molar-refractivity contribution in [1.82, 2.24) is 0 Å². The molecular weight excluding hydrogens is 419 g/mol. The Balaban J connectivity index is 2.95. The standard InChI is InChI=1S/C27H41O4P/c1-25(2,3)17-15-19(26(4,5)6)22(20(16-17)27(7,8)9)32-14-12-13-18(23(28)30-10)21(32)24(29)31-11/h12,14-16,18,21H,13H2,1-11H3. The van der Waals surface area contributed by atoms with Crippen LogP contribution in [0, 0.1) is 5.92 Å². The Hall–Kier alpha value is -1.67. The molecule has 1 aromatic carbocycles. The number of allylic oxidation sites excluding steroid dienone is 1. The van der Waals surface area contributed by atoms with Crippen molar-refractivity contribution in [1.29, 1.82) is 0 Å². The molecule has 0 fully saturated rings. The highest BCUT2D eigenvalue weighted by Crippen LogP contribution is 2.54. The molecule has 1 aromatic rings. The van der Waals surface area contributed by atoms with Crippen LogP contribution < -0.4 is 5.30 Å². The third-order valence-electron chi connectivity index (χ3n) is 6.13. The van der Waals surface area contributed by atoms with E-state index in [9.17, 15) is 9.59 Å². The average molecular weight is 461 g/mol. The highest BCUT2D eigenvalue weighted by atomic mass is 31.1. The van der Waals surface area contributed by atoms with Gasteiger partial charge < -0.3 is 9.47 Å². The largest absolute Gasteiger partial charge is 0.469 e. The molecule has 2 rings (SSSR count). The van der Waals surface area contributed by atoms with E-state index < -0.39 is 19.5 Å². The topological polar surface area (TPSA) is 52.6 Å². The maximum Gasteiger partial charge on any atom is 0.314 e. The van der Waals surface area contributed by atoms with E-state index in [1.54, 1.807) is 0 Å². The first-order valence-corrected chi connectivity index (χ1v) is 12.8. The van der Waals surface area contributed by atoms with Crippen molar-refractivity contribution in [3.63, 3.8) is 0 Å². The zero-order valence-corrected chi connectivity index (χ0v) is 22.6. The summed E-state index contributed by atoms with van der Waals surface area (Å²) in [7, 11) is 1.66. The van der Waals surface area contributed by atoms with Gasteiger partial charge in [-0.05, 0) is 52.6 Å². The van der Waals surface area contributed by atoms with E-state index in [0.29, 0.717) is 6.42 Å². The van der Waals surface area contributed by atoms with Crippen molar-refractivity contribution in [2.24, 2.45) is 5.92 Å². The zero-order chi connectivity index (χ0) is 24.6. The van der Waals surface area contributed by atoms with Gasteiger partial charge in [0.05, 0.1) is 25.8 Å². The van der Waals surface area contributed by atoms with Gasteiger partial charge in [-0.1, -0.05) is 86.3 Å². The van der Waals surface area contributed by atoms with Crippen molar-refractivity contribution in [3.05, 3.63) is 40.7 Å². The van der Waals surface area contributed by atoms with Crippen molar-refractivity contribution < 1.29 is 19.1 Å². The Bertz CT molecular complexity index is 859. The Morgan fingerprint density at radius 1 is 0.812 bits per heavy atom. The van der Waals surface area contributed by atoms with Gasteiger partial charge in [-0.3, -0.25) is 9.59 Å². The molecule has 0 N–H and O–H groups in total. The molecule has 0 aliphatic carbocycles. The van der Waals surface area contributed by atoms with Crippen LogP contribution in [0.2, 0.25) is 0 Å². The molecule has 3 atom stereocenters. The molecule has 0 saturated carbocycles. The number of hydrogen-bond donors (Lipinski definition) is 0. The van der Waals surface area contributed by atoms with Crippen molar-refractivity contribution in [2.45, 2.75) is 90.6 Å². The van der Waals surface area contributed by atoms with Crippen LogP contribution in [-0.4, -0.2) is 31.8 Å². The molecule has 5 heteroatoms. The first-order chi connectivity index (χ1) is 14.5. The third kappa shape index (κ3) is 5.45. The third-order valence-corrected chi connectivity index (χ3v) is 8.83. The van der Waals surface area contributed by atoms with Gasteiger partial charge >= 0.3 is 11.9 Å². The van der Waals surface area contributed by atoms with E-state index in [2.05, 4.69) is 80.3 Å². The van der Waals surface area contributed by atoms with Crippen molar-refractivity contribution in [3.8, 4) is 0 Å². The lowest BCUT2D eigenvalue weighted by molar-refractivity contribution is -0.151.